The summed E-state index contributed by atoms with van der Waals surface area (Å²) in [5.41, 5.74) is 12.0. The minimum atomic E-state index is -1.00. The topological polar surface area (TPSA) is 160 Å². The van der Waals surface area contributed by atoms with Gasteiger partial charge in [0, 0.05) is 42.7 Å². The third-order valence-corrected chi connectivity index (χ3v) is 9.16. The van der Waals surface area contributed by atoms with Gasteiger partial charge in [0.15, 0.2) is 6.29 Å². The summed E-state index contributed by atoms with van der Waals surface area (Å²) in [5, 5.41) is 13.8. The Morgan fingerprint density at radius 3 is 1.47 bits per heavy atom. The number of nitrogens with two attached hydrogens (primary N) is 1. The number of nitrogen functional groups attached to an aromatic ring is 1. The number of pyridine rings is 5. The van der Waals surface area contributed by atoms with E-state index < -0.39 is 7.15 Å². The third-order valence-electron chi connectivity index (χ3n) is 5.03. The van der Waals surface area contributed by atoms with Crippen LogP contribution in [0.3, 0.4) is 0 Å². The number of carbonyl (C=O) groups excluding carboxylic acids is 1. The first-order valence-electron chi connectivity index (χ1n) is 14.0. The zero-order valence-electron chi connectivity index (χ0n) is 29.3. The SMILES string of the molecule is C.Cc1[c-]ncc(Br)c1.Cc1cc(Br)cnc1Br.Cc1cc(Br)cnc1C=O.Cc1cc(Br)cnc1I.Cc1cc(Br)cnc1N.ONO.[2H]CF.[Cl-].[Mg+2]. The number of halogens is 9. The van der Waals surface area contributed by atoms with Gasteiger partial charge in [-0.25, -0.2) is 15.0 Å². The van der Waals surface area contributed by atoms with Gasteiger partial charge in [-0.2, -0.15) is 6.07 Å². The number of carbonyl (C=O) groups is 1. The molecule has 5 rings (SSSR count). The molecule has 10 nitrogen and oxygen atoms in total. The molecule has 0 atom stereocenters. The normalized spacial score (nSPS) is 8.77. The fourth-order valence-corrected chi connectivity index (χ4v) is 5.49. The number of nitrogens with zero attached hydrogens (tertiary/aromatic N) is 5. The van der Waals surface area contributed by atoms with Crippen LogP contribution in [0.1, 0.15) is 47.1 Å². The molecule has 288 valence electrons. The van der Waals surface area contributed by atoms with Crippen molar-refractivity contribution in [2.45, 2.75) is 42.0 Å². The van der Waals surface area contributed by atoms with Crippen LogP contribution in [0.25, 0.3) is 0 Å². The van der Waals surface area contributed by atoms with Crippen LogP contribution in [0.2, 0.25) is 0 Å². The second-order valence-electron chi connectivity index (χ2n) is 9.03. The molecule has 0 bridgehead atoms. The molecule has 0 saturated heterocycles. The molecule has 0 amide bonds. The fraction of sp³-hybridized carbons (Fsp3) is 0.212. The minimum Gasteiger partial charge on any atom is -1.00 e. The van der Waals surface area contributed by atoms with Crippen LogP contribution in [-0.2, 0) is 0 Å². The van der Waals surface area contributed by atoms with Crippen molar-refractivity contribution in [3.8, 4) is 0 Å². The van der Waals surface area contributed by atoms with Gasteiger partial charge in [0.25, 0.3) is 0 Å². The monoisotopic (exact) mass is 1260 g/mol. The number of hydrogen-bond donors (Lipinski definition) is 4. The first-order valence-corrected chi connectivity index (χ1v) is 19.2. The molecule has 5 aromatic rings. The summed E-state index contributed by atoms with van der Waals surface area (Å²) in [6.45, 7) is 9.77. The Morgan fingerprint density at radius 1 is 0.755 bits per heavy atom. The molecule has 0 aromatic carbocycles. The van der Waals surface area contributed by atoms with E-state index >= 15 is 0 Å². The van der Waals surface area contributed by atoms with Gasteiger partial charge < -0.3 is 23.1 Å². The van der Waals surface area contributed by atoms with E-state index in [9.17, 15) is 9.18 Å². The number of aryl methyl sites for hydroxylation is 5. The minimum absolute atomic E-state index is 0. The number of aromatic nitrogens is 5. The summed E-state index contributed by atoms with van der Waals surface area (Å²) in [6, 6.07) is 9.82. The standard InChI is InChI=1S/C7H6BrNO.C6H5Br2N.C6H5BrIN.C6H7BrN2.C6H5BrN.CH3F.CH4.ClH.Mg.H3NO2/c1-5-2-6(8)3-9-7(5)4-10;3*1-4-2-5(7)3-9-6(4)8;1-5-2-6(7)4-8-3-5;1-2;;;;2-1-3/h2-4H,1H3;2*2-3H,1H3;2-3H,1H3,(H2,8,9);2,4H,1H3;1H3;1H4;1H;;1-3H/q;;;;-1;;;;+2;/p-1/i;;;;;1D;;;;. The molecule has 5 aromatic heterocycles. The molecule has 0 aliphatic heterocycles. The average Bonchev–Trinajstić information content (AvgIpc) is 3.05. The Bertz CT molecular complexity index is 1630. The number of hydrogen-bond acceptors (Lipinski definition) is 10. The zero-order chi connectivity index (χ0) is 39.5. The quantitative estimate of drug-likeness (QED) is 0.0320. The van der Waals surface area contributed by atoms with E-state index in [2.05, 4.69) is 155 Å². The van der Waals surface area contributed by atoms with Crippen molar-refractivity contribution in [2.75, 3.05) is 12.9 Å². The summed E-state index contributed by atoms with van der Waals surface area (Å²) in [7, 11) is -1.00. The summed E-state index contributed by atoms with van der Waals surface area (Å²) >= 11 is 22.0. The molecule has 5 N–H and O–H groups in total. The van der Waals surface area contributed by atoms with E-state index in [4.69, 9.17) is 17.5 Å². The van der Waals surface area contributed by atoms with Crippen molar-refractivity contribution in [3.63, 3.8) is 0 Å². The fourth-order valence-electron chi connectivity index (χ4n) is 2.75. The summed E-state index contributed by atoms with van der Waals surface area (Å²) < 4.78 is 22.4. The second kappa shape index (κ2) is 37.3. The van der Waals surface area contributed by atoms with E-state index in [1.165, 1.54) is 5.56 Å². The van der Waals surface area contributed by atoms with Gasteiger partial charge in [-0.1, -0.05) is 52.8 Å². The van der Waals surface area contributed by atoms with E-state index in [0.717, 1.165) is 64.9 Å². The summed E-state index contributed by atoms with van der Waals surface area (Å²) in [6.07, 6.45) is 12.1. The molecule has 0 aliphatic carbocycles. The molecule has 5 heterocycles. The van der Waals surface area contributed by atoms with Crippen LogP contribution < -0.4 is 23.8 Å². The number of alkyl halides is 1. The van der Waals surface area contributed by atoms with Crippen LogP contribution in [0.5, 0.6) is 0 Å². The van der Waals surface area contributed by atoms with Crippen molar-refractivity contribution >= 4 is 153 Å². The Balaban J connectivity index is -0.000000176. The summed E-state index contributed by atoms with van der Waals surface area (Å²) in [4.78, 5) is 30.0. The van der Waals surface area contributed by atoms with E-state index in [-0.39, 0.29) is 42.9 Å². The number of rotatable bonds is 1. The van der Waals surface area contributed by atoms with Gasteiger partial charge in [-0.15, -0.1) is 5.56 Å². The van der Waals surface area contributed by atoms with Crippen LogP contribution in [0.4, 0.5) is 10.2 Å². The molecular formula is C33H38Br6ClFIMgN7O3. The predicted octanol–water partition coefficient (Wildman–Crippen LogP) is 8.52. The van der Waals surface area contributed by atoms with Gasteiger partial charge in [-0.05, 0) is 176 Å². The first kappa shape index (κ1) is 59.4. The van der Waals surface area contributed by atoms with Gasteiger partial charge >= 0.3 is 23.1 Å². The van der Waals surface area contributed by atoms with Gasteiger partial charge in [0.05, 0.1) is 8.52 Å². The summed E-state index contributed by atoms with van der Waals surface area (Å²) in [5.74, 6) is 0.596. The number of nitrogens with one attached hydrogen (secondary N) is 1. The molecule has 0 radical (unpaired) electrons. The van der Waals surface area contributed by atoms with Crippen molar-refractivity contribution in [3.05, 3.63) is 132 Å². The van der Waals surface area contributed by atoms with Gasteiger partial charge in [-0.3, -0.25) is 24.6 Å². The number of aldehydes is 1. The predicted molar refractivity (Wildman–Crippen MR) is 239 cm³/mol. The van der Waals surface area contributed by atoms with Gasteiger partial charge in [0.1, 0.15) is 19.8 Å². The Morgan fingerprint density at radius 2 is 1.15 bits per heavy atom. The zero-order valence-corrected chi connectivity index (χ0v) is 42.1. The molecule has 0 spiro atoms. The molecular weight excluding hydrogens is 1230 g/mol. The molecule has 0 aliphatic rings. The maximum Gasteiger partial charge on any atom is 2.00 e. The first-order chi connectivity index (χ1) is 23.9. The van der Waals surface area contributed by atoms with Crippen LogP contribution >= 0.6 is 118 Å². The van der Waals surface area contributed by atoms with E-state index in [1.54, 1.807) is 31.0 Å². The molecule has 0 unspecified atom stereocenters. The Labute approximate surface area is 399 Å². The number of anilines is 1. The van der Waals surface area contributed by atoms with Crippen molar-refractivity contribution < 1.29 is 33.4 Å². The van der Waals surface area contributed by atoms with E-state index in [1.807, 2.05) is 58.9 Å². The molecule has 20 heteroatoms. The van der Waals surface area contributed by atoms with Gasteiger partial charge in [0.2, 0.25) is 0 Å². The van der Waals surface area contributed by atoms with Crippen LogP contribution in [-0.4, -0.2) is 71.8 Å². The average molecular weight is 1270 g/mol. The van der Waals surface area contributed by atoms with E-state index in [0.29, 0.717) is 11.5 Å². The van der Waals surface area contributed by atoms with Crippen molar-refractivity contribution in [1.82, 2.24) is 30.6 Å². The maximum absolute atomic E-state index is 10.3. The Kier molecular flexibility index (Phi) is 41.8. The maximum atomic E-state index is 10.3. The smallest absolute Gasteiger partial charge is 1.00 e. The Hall–Kier alpha value is -0.304. The third kappa shape index (κ3) is 31.5. The van der Waals surface area contributed by atoms with Crippen LogP contribution in [0.15, 0.2) is 88.3 Å². The second-order valence-corrected chi connectivity index (χ2v) is 15.4. The largest absolute Gasteiger partial charge is 2.00 e. The molecule has 53 heavy (non-hydrogen) atoms. The molecule has 0 saturated carbocycles. The molecule has 0 fully saturated rings. The van der Waals surface area contributed by atoms with Crippen molar-refractivity contribution in [1.29, 1.82) is 0 Å². The van der Waals surface area contributed by atoms with Crippen LogP contribution in [0, 0.1) is 44.5 Å². The van der Waals surface area contributed by atoms with Crippen molar-refractivity contribution in [2.24, 2.45) is 0 Å².